The molecule has 7 nitrogen and oxygen atoms in total. The Bertz CT molecular complexity index is 513. The van der Waals surface area contributed by atoms with E-state index in [0.29, 0.717) is 0 Å². The Morgan fingerprint density at radius 1 is 1.40 bits per heavy atom. The minimum absolute atomic E-state index is 0.139. The third-order valence-electron chi connectivity index (χ3n) is 2.75. The maximum Gasteiger partial charge on any atom is 0.270 e. The molecule has 2 unspecified atom stereocenters. The molecule has 0 radical (unpaired) electrons. The molecular formula is C13H18N2O5. The molecule has 0 saturated heterocycles. The Hall–Kier alpha value is -2.15. The first-order valence-corrected chi connectivity index (χ1v) is 6.08. The van der Waals surface area contributed by atoms with Crippen molar-refractivity contribution in [3.63, 3.8) is 0 Å². The summed E-state index contributed by atoms with van der Waals surface area (Å²) in [6.45, 7) is 3.06. The number of nitro groups is 1. The molecule has 0 aliphatic carbocycles. The summed E-state index contributed by atoms with van der Waals surface area (Å²) in [5, 5.41) is 20.4. The molecule has 20 heavy (non-hydrogen) atoms. The molecule has 0 aliphatic heterocycles. The summed E-state index contributed by atoms with van der Waals surface area (Å²) in [5.41, 5.74) is 0.137. The van der Waals surface area contributed by atoms with E-state index in [-0.39, 0.29) is 22.9 Å². The molecule has 2 atom stereocenters. The van der Waals surface area contributed by atoms with Gasteiger partial charge in [0.25, 0.3) is 11.6 Å². The fraction of sp³-hybridized carbons (Fsp3) is 0.462. The lowest BCUT2D eigenvalue weighted by atomic mass is 10.1. The Morgan fingerprint density at radius 2 is 2.00 bits per heavy atom. The molecule has 1 aromatic carbocycles. The Kier molecular flexibility index (Phi) is 5.04. The van der Waals surface area contributed by atoms with Gasteiger partial charge in [0.1, 0.15) is 5.75 Å². The summed E-state index contributed by atoms with van der Waals surface area (Å²) in [6, 6.07) is 3.90. The highest BCUT2D eigenvalue weighted by Crippen LogP contribution is 2.30. The number of benzene rings is 1. The van der Waals surface area contributed by atoms with Gasteiger partial charge in [0.15, 0.2) is 6.10 Å². The number of nitrogens with zero attached hydrogens (tertiary/aromatic N) is 2. The molecule has 0 heterocycles. The van der Waals surface area contributed by atoms with Crippen LogP contribution in [0.5, 0.6) is 5.75 Å². The molecule has 7 heteroatoms. The van der Waals surface area contributed by atoms with Gasteiger partial charge in [-0.1, -0.05) is 0 Å². The number of carbonyl (C=O) groups is 1. The normalized spacial score (nSPS) is 13.4. The van der Waals surface area contributed by atoms with Crippen molar-refractivity contribution >= 4 is 11.6 Å². The summed E-state index contributed by atoms with van der Waals surface area (Å²) in [5.74, 6) is 0.0215. The number of nitro benzene ring substituents is 1. The summed E-state index contributed by atoms with van der Waals surface area (Å²) in [7, 11) is 3.21. The van der Waals surface area contributed by atoms with Crippen LogP contribution in [-0.2, 0) is 4.79 Å². The van der Waals surface area contributed by atoms with Crippen molar-refractivity contribution in [2.75, 3.05) is 14.1 Å². The van der Waals surface area contributed by atoms with Crippen molar-refractivity contribution in [2.24, 2.45) is 0 Å². The first kappa shape index (κ1) is 15.9. The van der Waals surface area contributed by atoms with Crippen LogP contribution in [0.3, 0.4) is 0 Å². The maximum absolute atomic E-state index is 11.7. The first-order chi connectivity index (χ1) is 9.23. The Morgan fingerprint density at radius 3 is 2.45 bits per heavy atom. The molecule has 1 rings (SSSR count). The first-order valence-electron chi connectivity index (χ1n) is 6.08. The van der Waals surface area contributed by atoms with Gasteiger partial charge in [0, 0.05) is 31.8 Å². The molecule has 1 amide bonds. The SMILES string of the molecule is CC(Oc1ccc([N+](=O)[O-])cc1C(C)O)C(=O)N(C)C. The molecule has 0 bridgehead atoms. The van der Waals surface area contributed by atoms with E-state index in [0.717, 1.165) is 0 Å². The van der Waals surface area contributed by atoms with Crippen LogP contribution in [0.25, 0.3) is 0 Å². The highest BCUT2D eigenvalue weighted by Gasteiger charge is 2.21. The number of rotatable bonds is 5. The molecule has 1 aromatic rings. The van der Waals surface area contributed by atoms with Crippen LogP contribution in [-0.4, -0.2) is 41.0 Å². The third-order valence-corrected chi connectivity index (χ3v) is 2.75. The third kappa shape index (κ3) is 3.67. The quantitative estimate of drug-likeness (QED) is 0.652. The van der Waals surface area contributed by atoms with Crippen molar-refractivity contribution in [1.29, 1.82) is 0 Å². The van der Waals surface area contributed by atoms with Gasteiger partial charge in [-0.2, -0.15) is 0 Å². The van der Waals surface area contributed by atoms with E-state index in [4.69, 9.17) is 4.74 Å². The average Bonchev–Trinajstić information content (AvgIpc) is 2.37. The van der Waals surface area contributed by atoms with Crippen LogP contribution in [0.2, 0.25) is 0 Å². The van der Waals surface area contributed by atoms with E-state index in [2.05, 4.69) is 0 Å². The molecular weight excluding hydrogens is 264 g/mol. The lowest BCUT2D eigenvalue weighted by Gasteiger charge is -2.20. The maximum atomic E-state index is 11.7. The molecule has 0 aromatic heterocycles. The monoisotopic (exact) mass is 282 g/mol. The van der Waals surface area contributed by atoms with E-state index in [1.807, 2.05) is 0 Å². The van der Waals surface area contributed by atoms with Crippen LogP contribution in [0.15, 0.2) is 18.2 Å². The molecule has 0 fully saturated rings. The minimum atomic E-state index is -0.938. The van der Waals surface area contributed by atoms with E-state index >= 15 is 0 Å². The van der Waals surface area contributed by atoms with E-state index in [1.54, 1.807) is 21.0 Å². The van der Waals surface area contributed by atoms with Crippen molar-refractivity contribution < 1.29 is 19.6 Å². The molecule has 110 valence electrons. The number of non-ortho nitro benzene ring substituents is 1. The van der Waals surface area contributed by atoms with Gasteiger partial charge in [-0.25, -0.2) is 0 Å². The molecule has 0 aliphatic rings. The predicted octanol–water partition coefficient (Wildman–Crippen LogP) is 1.50. The largest absolute Gasteiger partial charge is 0.481 e. The summed E-state index contributed by atoms with van der Waals surface area (Å²) in [4.78, 5) is 23.3. The summed E-state index contributed by atoms with van der Waals surface area (Å²) < 4.78 is 5.49. The summed E-state index contributed by atoms with van der Waals surface area (Å²) in [6.07, 6.45) is -1.68. The molecule has 0 saturated carbocycles. The fourth-order valence-corrected chi connectivity index (χ4v) is 1.69. The standard InChI is InChI=1S/C13H18N2O5/c1-8(16)11-7-10(15(18)19)5-6-12(11)20-9(2)13(17)14(3)4/h5-9,16H,1-4H3. The van der Waals surface area contributed by atoms with Crippen LogP contribution in [0, 0.1) is 10.1 Å². The van der Waals surface area contributed by atoms with Gasteiger partial charge >= 0.3 is 0 Å². The topological polar surface area (TPSA) is 92.9 Å². The lowest BCUT2D eigenvalue weighted by molar-refractivity contribution is -0.385. The van der Waals surface area contributed by atoms with Gasteiger partial charge in [-0.15, -0.1) is 0 Å². The second-order valence-electron chi connectivity index (χ2n) is 4.65. The number of likely N-dealkylation sites (N-methyl/N-ethyl adjacent to an activating group) is 1. The van der Waals surface area contributed by atoms with E-state index in [9.17, 15) is 20.0 Å². The van der Waals surface area contributed by atoms with Crippen LogP contribution in [0.1, 0.15) is 25.5 Å². The zero-order valence-electron chi connectivity index (χ0n) is 11.9. The lowest BCUT2D eigenvalue weighted by Crippen LogP contribution is -2.35. The van der Waals surface area contributed by atoms with Crippen LogP contribution >= 0.6 is 0 Å². The van der Waals surface area contributed by atoms with Gasteiger partial charge in [-0.3, -0.25) is 14.9 Å². The number of carbonyl (C=O) groups excluding carboxylic acids is 1. The van der Waals surface area contributed by atoms with Crippen molar-refractivity contribution in [2.45, 2.75) is 26.1 Å². The number of aliphatic hydroxyl groups excluding tert-OH is 1. The number of aliphatic hydroxyl groups is 1. The number of hydrogen-bond donors (Lipinski definition) is 1. The van der Waals surface area contributed by atoms with E-state index in [1.165, 1.54) is 30.0 Å². The number of amides is 1. The Balaban J connectivity index is 3.06. The van der Waals surface area contributed by atoms with Gasteiger partial charge in [-0.05, 0) is 19.9 Å². The van der Waals surface area contributed by atoms with Crippen LogP contribution < -0.4 is 4.74 Å². The smallest absolute Gasteiger partial charge is 0.270 e. The minimum Gasteiger partial charge on any atom is -0.481 e. The van der Waals surface area contributed by atoms with Gasteiger partial charge in [0.05, 0.1) is 11.0 Å². The number of ether oxygens (including phenoxy) is 1. The van der Waals surface area contributed by atoms with E-state index < -0.39 is 17.1 Å². The van der Waals surface area contributed by atoms with Crippen molar-refractivity contribution in [1.82, 2.24) is 4.90 Å². The molecule has 0 spiro atoms. The predicted molar refractivity (Wildman–Crippen MR) is 72.5 cm³/mol. The summed E-state index contributed by atoms with van der Waals surface area (Å²) >= 11 is 0. The fourth-order valence-electron chi connectivity index (χ4n) is 1.69. The molecule has 1 N–H and O–H groups in total. The zero-order valence-corrected chi connectivity index (χ0v) is 11.9. The van der Waals surface area contributed by atoms with Crippen LogP contribution in [0.4, 0.5) is 5.69 Å². The second-order valence-corrected chi connectivity index (χ2v) is 4.65. The van der Waals surface area contributed by atoms with Gasteiger partial charge in [0.2, 0.25) is 0 Å². The number of hydrogen-bond acceptors (Lipinski definition) is 5. The zero-order chi connectivity index (χ0) is 15.4. The second kappa shape index (κ2) is 6.33. The average molecular weight is 282 g/mol. The highest BCUT2D eigenvalue weighted by atomic mass is 16.6. The van der Waals surface area contributed by atoms with Crippen molar-refractivity contribution in [3.8, 4) is 5.75 Å². The van der Waals surface area contributed by atoms with Crippen molar-refractivity contribution in [3.05, 3.63) is 33.9 Å². The van der Waals surface area contributed by atoms with Gasteiger partial charge < -0.3 is 14.7 Å². The highest BCUT2D eigenvalue weighted by molar-refractivity contribution is 5.80. The Labute approximate surface area is 116 Å².